The van der Waals surface area contributed by atoms with Gasteiger partial charge < -0.3 is 42.1 Å². The van der Waals surface area contributed by atoms with Crippen LogP contribution in [-0.2, 0) is 24.0 Å². The predicted molar refractivity (Wildman–Crippen MR) is 96.3 cm³/mol. The molecule has 0 heterocycles. The number of nitrogens with two attached hydrogens (primary N) is 1. The Labute approximate surface area is 165 Å². The average molecular weight is 424 g/mol. The lowest BCUT2D eigenvalue weighted by atomic mass is 10.1. The van der Waals surface area contributed by atoms with Gasteiger partial charge in [-0.3, -0.25) is 19.2 Å². The minimum absolute atomic E-state index is 0.222. The van der Waals surface area contributed by atoms with Gasteiger partial charge in [0.2, 0.25) is 17.7 Å². The summed E-state index contributed by atoms with van der Waals surface area (Å²) in [7, 11) is 0. The summed E-state index contributed by atoms with van der Waals surface area (Å²) in [6.07, 6.45) is -2.41. The Morgan fingerprint density at radius 2 is 1.50 bits per heavy atom. The van der Waals surface area contributed by atoms with Crippen molar-refractivity contribution in [1.29, 1.82) is 0 Å². The van der Waals surface area contributed by atoms with Gasteiger partial charge >= 0.3 is 11.9 Å². The van der Waals surface area contributed by atoms with Crippen molar-refractivity contribution in [3.05, 3.63) is 0 Å². The molecule has 3 amide bonds. The Hall–Kier alpha value is -2.42. The first-order valence-corrected chi connectivity index (χ1v) is 8.58. The van der Waals surface area contributed by atoms with Gasteiger partial charge in [-0.25, -0.2) is 4.79 Å². The molecule has 0 spiro atoms. The summed E-state index contributed by atoms with van der Waals surface area (Å²) >= 11 is 3.89. The van der Waals surface area contributed by atoms with Gasteiger partial charge in [-0.05, 0) is 6.92 Å². The lowest BCUT2D eigenvalue weighted by Crippen LogP contribution is -2.60. The molecule has 9 N–H and O–H groups in total. The molecule has 0 aliphatic rings. The molecule has 14 heteroatoms. The fourth-order valence-electron chi connectivity index (χ4n) is 1.85. The number of aliphatic hydroxyl groups excluding tert-OH is 2. The molecule has 0 aliphatic heterocycles. The molecule has 160 valence electrons. The fourth-order valence-corrected chi connectivity index (χ4v) is 2.11. The van der Waals surface area contributed by atoms with Crippen molar-refractivity contribution >= 4 is 42.3 Å². The lowest BCUT2D eigenvalue weighted by molar-refractivity contribution is -0.147. The maximum absolute atomic E-state index is 12.3. The zero-order valence-corrected chi connectivity index (χ0v) is 15.8. The van der Waals surface area contributed by atoms with Crippen LogP contribution in [0.4, 0.5) is 0 Å². The first-order chi connectivity index (χ1) is 12.9. The van der Waals surface area contributed by atoms with Crippen LogP contribution in [0.1, 0.15) is 13.3 Å². The average Bonchev–Trinajstić information content (AvgIpc) is 2.61. The van der Waals surface area contributed by atoms with Crippen LogP contribution >= 0.6 is 12.6 Å². The van der Waals surface area contributed by atoms with Gasteiger partial charge in [0.05, 0.1) is 19.1 Å². The summed E-state index contributed by atoms with van der Waals surface area (Å²) in [5.74, 6) is -6.27. The second kappa shape index (κ2) is 12.1. The molecule has 0 aromatic carbocycles. The number of hydrogen-bond acceptors (Lipinski definition) is 9. The molecule has 0 aliphatic carbocycles. The monoisotopic (exact) mass is 424 g/mol. The Kier molecular flexibility index (Phi) is 11.1. The van der Waals surface area contributed by atoms with E-state index in [2.05, 4.69) is 23.3 Å². The summed E-state index contributed by atoms with van der Waals surface area (Å²) in [5, 5.41) is 42.4. The second-order valence-electron chi connectivity index (χ2n) is 5.76. The molecule has 0 radical (unpaired) electrons. The van der Waals surface area contributed by atoms with Crippen molar-refractivity contribution in [3.8, 4) is 0 Å². The molecule has 13 nitrogen and oxygen atoms in total. The minimum Gasteiger partial charge on any atom is -0.481 e. The van der Waals surface area contributed by atoms with Crippen LogP contribution in [0, 0.1) is 0 Å². The van der Waals surface area contributed by atoms with Crippen molar-refractivity contribution < 1.29 is 44.4 Å². The molecule has 0 fully saturated rings. The van der Waals surface area contributed by atoms with Crippen LogP contribution < -0.4 is 21.7 Å². The molecule has 5 atom stereocenters. The number of amides is 3. The normalized spacial score (nSPS) is 16.0. The van der Waals surface area contributed by atoms with Crippen LogP contribution in [0.5, 0.6) is 0 Å². The van der Waals surface area contributed by atoms with Crippen LogP contribution in [0.2, 0.25) is 0 Å². The standard InChI is InChI=1S/C14H24N4O9S/c1-5(20)10(13(25)16-7(14(26)27)2-9(21)22)18-12(24)8(4-28)17-11(23)6(15)3-19/h5-8,10,19-20,28H,2-4,15H2,1H3,(H,16,25)(H,17,23)(H,18,24)(H,21,22)(H,26,27). The third-order valence-electron chi connectivity index (χ3n) is 3.40. The zero-order valence-electron chi connectivity index (χ0n) is 14.9. The van der Waals surface area contributed by atoms with Crippen LogP contribution in [-0.4, -0.2) is 92.7 Å². The van der Waals surface area contributed by atoms with Crippen molar-refractivity contribution in [2.75, 3.05) is 12.4 Å². The Balaban J connectivity index is 5.18. The number of rotatable bonds is 12. The molecule has 0 saturated heterocycles. The summed E-state index contributed by atoms with van der Waals surface area (Å²) in [6, 6.07) is -6.00. The van der Waals surface area contributed by atoms with E-state index in [-0.39, 0.29) is 5.75 Å². The van der Waals surface area contributed by atoms with Gasteiger partial charge in [0.1, 0.15) is 24.2 Å². The SMILES string of the molecule is CC(O)C(NC(=O)C(CS)NC(=O)C(N)CO)C(=O)NC(CC(=O)O)C(=O)O. The number of nitrogens with one attached hydrogen (secondary N) is 3. The minimum atomic E-state index is -1.79. The number of aliphatic carboxylic acids is 2. The molecule has 0 aromatic heterocycles. The van der Waals surface area contributed by atoms with Crippen molar-refractivity contribution in [3.63, 3.8) is 0 Å². The Morgan fingerprint density at radius 3 is 1.89 bits per heavy atom. The van der Waals surface area contributed by atoms with Gasteiger partial charge in [0.25, 0.3) is 0 Å². The number of aliphatic hydroxyl groups is 2. The van der Waals surface area contributed by atoms with Gasteiger partial charge in [-0.1, -0.05) is 0 Å². The van der Waals surface area contributed by atoms with E-state index >= 15 is 0 Å². The highest BCUT2D eigenvalue weighted by atomic mass is 32.1. The third kappa shape index (κ3) is 8.51. The third-order valence-corrected chi connectivity index (χ3v) is 3.77. The molecular weight excluding hydrogens is 400 g/mol. The molecule has 0 rings (SSSR count). The Morgan fingerprint density at radius 1 is 0.964 bits per heavy atom. The van der Waals surface area contributed by atoms with Crippen LogP contribution in [0.15, 0.2) is 0 Å². The largest absolute Gasteiger partial charge is 0.481 e. The van der Waals surface area contributed by atoms with E-state index in [1.165, 1.54) is 0 Å². The summed E-state index contributed by atoms with van der Waals surface area (Å²) in [4.78, 5) is 57.8. The molecule has 0 aromatic rings. The number of carbonyl (C=O) groups is 5. The number of carboxylic acid groups (broad SMARTS) is 2. The second-order valence-corrected chi connectivity index (χ2v) is 6.12. The summed E-state index contributed by atoms with van der Waals surface area (Å²) in [5.41, 5.74) is 5.31. The smallest absolute Gasteiger partial charge is 0.326 e. The van der Waals surface area contributed by atoms with Crippen LogP contribution in [0.3, 0.4) is 0 Å². The van der Waals surface area contributed by atoms with Gasteiger partial charge in [-0.2, -0.15) is 12.6 Å². The van der Waals surface area contributed by atoms with Gasteiger partial charge in [0.15, 0.2) is 0 Å². The topological polar surface area (TPSA) is 228 Å². The number of carboxylic acids is 2. The molecule has 0 bridgehead atoms. The highest BCUT2D eigenvalue weighted by Crippen LogP contribution is 2.00. The highest BCUT2D eigenvalue weighted by Gasteiger charge is 2.32. The van der Waals surface area contributed by atoms with Crippen molar-refractivity contribution in [1.82, 2.24) is 16.0 Å². The van der Waals surface area contributed by atoms with Gasteiger partial charge in [-0.15, -0.1) is 0 Å². The first kappa shape index (κ1) is 25.6. The maximum atomic E-state index is 12.3. The van der Waals surface area contributed by atoms with E-state index < -0.39 is 73.0 Å². The number of hydrogen-bond donors (Lipinski definition) is 9. The van der Waals surface area contributed by atoms with E-state index in [1.54, 1.807) is 0 Å². The van der Waals surface area contributed by atoms with E-state index in [9.17, 15) is 29.1 Å². The number of thiol groups is 1. The van der Waals surface area contributed by atoms with E-state index in [1.807, 2.05) is 5.32 Å². The fraction of sp³-hybridized carbons (Fsp3) is 0.643. The predicted octanol–water partition coefficient (Wildman–Crippen LogP) is -4.37. The highest BCUT2D eigenvalue weighted by molar-refractivity contribution is 7.80. The Bertz CT molecular complexity index is 601. The van der Waals surface area contributed by atoms with Crippen molar-refractivity contribution in [2.24, 2.45) is 5.73 Å². The summed E-state index contributed by atoms with van der Waals surface area (Å²) < 4.78 is 0. The molecular formula is C14H24N4O9S. The van der Waals surface area contributed by atoms with Crippen molar-refractivity contribution in [2.45, 2.75) is 43.6 Å². The van der Waals surface area contributed by atoms with E-state index in [0.717, 1.165) is 6.92 Å². The molecule has 5 unspecified atom stereocenters. The first-order valence-electron chi connectivity index (χ1n) is 7.95. The number of carbonyl (C=O) groups excluding carboxylic acids is 3. The zero-order chi connectivity index (χ0) is 22.0. The lowest BCUT2D eigenvalue weighted by Gasteiger charge is -2.25. The van der Waals surface area contributed by atoms with E-state index in [4.69, 9.17) is 21.1 Å². The van der Waals surface area contributed by atoms with E-state index in [0.29, 0.717) is 0 Å². The molecule has 0 saturated carbocycles. The maximum Gasteiger partial charge on any atom is 0.326 e. The molecule has 28 heavy (non-hydrogen) atoms. The van der Waals surface area contributed by atoms with Crippen LogP contribution in [0.25, 0.3) is 0 Å². The van der Waals surface area contributed by atoms with Gasteiger partial charge in [0, 0.05) is 5.75 Å². The quantitative estimate of drug-likeness (QED) is 0.137. The summed E-state index contributed by atoms with van der Waals surface area (Å²) in [6.45, 7) is 0.457.